The van der Waals surface area contributed by atoms with Crippen molar-refractivity contribution in [2.24, 2.45) is 0 Å². The number of hydrogen-bond donors (Lipinski definition) is 1. The number of nitrogens with one attached hydrogen (secondary N) is 1. The van der Waals surface area contributed by atoms with Crippen molar-refractivity contribution in [2.75, 3.05) is 4.72 Å². The van der Waals surface area contributed by atoms with E-state index in [-0.39, 0.29) is 5.82 Å². The van der Waals surface area contributed by atoms with E-state index in [1.165, 1.54) is 12.3 Å². The molecule has 0 saturated carbocycles. The van der Waals surface area contributed by atoms with Gasteiger partial charge >= 0.3 is 0 Å². The van der Waals surface area contributed by atoms with E-state index < -0.39 is 26.6 Å². The van der Waals surface area contributed by atoms with Gasteiger partial charge in [-0.05, 0) is 52.7 Å². The maximum absolute atomic E-state index is 13.5. The van der Waals surface area contributed by atoms with Crippen LogP contribution >= 0.6 is 15.9 Å². The predicted octanol–water partition coefficient (Wildman–Crippen LogP) is 3.23. The number of aryl methyl sites for hydroxylation is 1. The fourth-order valence-electron chi connectivity index (χ4n) is 1.47. The Kier molecular flexibility index (Phi) is 4.05. The standard InChI is InChI=1S/C12H9BrF2N2O2S/c1-7-4-12(16-6-9(7)13)17-20(18,19)11-5-8(14)2-3-10(11)15/h2-6H,1H3,(H,16,17). The van der Waals surface area contributed by atoms with Gasteiger partial charge in [-0.15, -0.1) is 0 Å². The van der Waals surface area contributed by atoms with E-state index in [9.17, 15) is 17.2 Å². The molecule has 1 heterocycles. The first-order valence-corrected chi connectivity index (χ1v) is 7.67. The van der Waals surface area contributed by atoms with Crippen LogP contribution in [-0.4, -0.2) is 13.4 Å². The topological polar surface area (TPSA) is 59.1 Å². The summed E-state index contributed by atoms with van der Waals surface area (Å²) in [5, 5.41) is 0. The number of sulfonamides is 1. The predicted molar refractivity (Wildman–Crippen MR) is 73.8 cm³/mol. The Hall–Kier alpha value is -1.54. The number of pyridine rings is 1. The Morgan fingerprint density at radius 3 is 2.60 bits per heavy atom. The fourth-order valence-corrected chi connectivity index (χ4v) is 2.78. The minimum Gasteiger partial charge on any atom is -0.263 e. The van der Waals surface area contributed by atoms with Crippen LogP contribution in [-0.2, 0) is 10.0 Å². The molecule has 0 aliphatic heterocycles. The maximum atomic E-state index is 13.5. The average Bonchev–Trinajstić information content (AvgIpc) is 2.36. The molecule has 8 heteroatoms. The van der Waals surface area contributed by atoms with Crippen LogP contribution in [0.4, 0.5) is 14.6 Å². The van der Waals surface area contributed by atoms with E-state index in [1.54, 1.807) is 6.92 Å². The van der Waals surface area contributed by atoms with E-state index in [1.807, 2.05) is 0 Å². The second kappa shape index (κ2) is 5.45. The molecule has 4 nitrogen and oxygen atoms in total. The lowest BCUT2D eigenvalue weighted by Crippen LogP contribution is -2.15. The van der Waals surface area contributed by atoms with Gasteiger partial charge in [0, 0.05) is 10.7 Å². The molecular weight excluding hydrogens is 354 g/mol. The SMILES string of the molecule is Cc1cc(NS(=O)(=O)c2cc(F)ccc2F)ncc1Br. The molecule has 1 N–H and O–H groups in total. The number of anilines is 1. The third-order valence-corrected chi connectivity index (χ3v) is 4.67. The first-order valence-electron chi connectivity index (χ1n) is 5.39. The molecule has 0 fully saturated rings. The van der Waals surface area contributed by atoms with Gasteiger partial charge in [0.25, 0.3) is 10.0 Å². The molecule has 0 bridgehead atoms. The zero-order valence-corrected chi connectivity index (χ0v) is 12.6. The minimum atomic E-state index is -4.24. The zero-order valence-electron chi connectivity index (χ0n) is 10.2. The molecule has 0 saturated heterocycles. The van der Waals surface area contributed by atoms with E-state index in [2.05, 4.69) is 25.6 Å². The molecule has 0 aliphatic rings. The van der Waals surface area contributed by atoms with Crippen LogP contribution in [0.1, 0.15) is 5.56 Å². The van der Waals surface area contributed by atoms with Gasteiger partial charge in [0.2, 0.25) is 0 Å². The van der Waals surface area contributed by atoms with E-state index in [0.717, 1.165) is 17.7 Å². The maximum Gasteiger partial charge on any atom is 0.266 e. The van der Waals surface area contributed by atoms with Gasteiger partial charge < -0.3 is 0 Å². The van der Waals surface area contributed by atoms with Gasteiger partial charge in [-0.3, -0.25) is 4.72 Å². The van der Waals surface area contributed by atoms with Gasteiger partial charge in [0.15, 0.2) is 0 Å². The van der Waals surface area contributed by atoms with Crippen molar-refractivity contribution < 1.29 is 17.2 Å². The summed E-state index contributed by atoms with van der Waals surface area (Å²) >= 11 is 3.23. The summed E-state index contributed by atoms with van der Waals surface area (Å²) in [6, 6.07) is 3.68. The number of halogens is 3. The Bertz CT molecular complexity index is 766. The van der Waals surface area contributed by atoms with Gasteiger partial charge in [-0.2, -0.15) is 0 Å². The largest absolute Gasteiger partial charge is 0.266 e. The summed E-state index contributed by atoms with van der Waals surface area (Å²) < 4.78 is 53.4. The lowest BCUT2D eigenvalue weighted by molar-refractivity contribution is 0.555. The third-order valence-electron chi connectivity index (χ3n) is 2.47. The monoisotopic (exact) mass is 362 g/mol. The van der Waals surface area contributed by atoms with Crippen LogP contribution in [0.5, 0.6) is 0 Å². The lowest BCUT2D eigenvalue weighted by atomic mass is 10.3. The summed E-state index contributed by atoms with van der Waals surface area (Å²) in [6.45, 7) is 1.74. The molecule has 0 unspecified atom stereocenters. The fraction of sp³-hybridized carbons (Fsp3) is 0.0833. The van der Waals surface area contributed by atoms with Crippen molar-refractivity contribution in [3.8, 4) is 0 Å². The smallest absolute Gasteiger partial charge is 0.263 e. The molecule has 0 amide bonds. The van der Waals surface area contributed by atoms with Gasteiger partial charge in [0.05, 0.1) is 0 Å². The molecule has 106 valence electrons. The molecule has 20 heavy (non-hydrogen) atoms. The quantitative estimate of drug-likeness (QED) is 0.911. The third kappa shape index (κ3) is 3.13. The van der Waals surface area contributed by atoms with Crippen molar-refractivity contribution in [3.63, 3.8) is 0 Å². The Balaban J connectivity index is 2.40. The van der Waals surface area contributed by atoms with Crippen LogP contribution in [0.2, 0.25) is 0 Å². The first kappa shape index (κ1) is 14.9. The van der Waals surface area contributed by atoms with Gasteiger partial charge in [0.1, 0.15) is 22.3 Å². The molecule has 0 radical (unpaired) electrons. The van der Waals surface area contributed by atoms with Crippen molar-refractivity contribution in [1.29, 1.82) is 0 Å². The highest BCUT2D eigenvalue weighted by Gasteiger charge is 2.20. The molecule has 2 rings (SSSR count). The Labute approximate surface area is 123 Å². The van der Waals surface area contributed by atoms with Crippen molar-refractivity contribution in [1.82, 2.24) is 4.98 Å². The molecule has 2 aromatic rings. The second-order valence-electron chi connectivity index (χ2n) is 4.00. The van der Waals surface area contributed by atoms with Crippen LogP contribution in [0.15, 0.2) is 39.8 Å². The second-order valence-corrected chi connectivity index (χ2v) is 6.50. The summed E-state index contributed by atoms with van der Waals surface area (Å²) in [7, 11) is -4.24. The van der Waals surface area contributed by atoms with E-state index in [0.29, 0.717) is 10.5 Å². The number of hydrogen-bond acceptors (Lipinski definition) is 3. The van der Waals surface area contributed by atoms with Gasteiger partial charge in [-0.25, -0.2) is 22.2 Å². The summed E-state index contributed by atoms with van der Waals surface area (Å²) in [5.41, 5.74) is 0.748. The molecule has 1 aromatic heterocycles. The number of aromatic nitrogens is 1. The number of benzene rings is 1. The molecular formula is C12H9BrF2N2O2S. The molecule has 0 aliphatic carbocycles. The molecule has 0 atom stereocenters. The molecule has 0 spiro atoms. The van der Waals surface area contributed by atoms with Crippen LogP contribution < -0.4 is 4.72 Å². The van der Waals surface area contributed by atoms with E-state index in [4.69, 9.17) is 0 Å². The highest BCUT2D eigenvalue weighted by molar-refractivity contribution is 9.10. The average molecular weight is 363 g/mol. The van der Waals surface area contributed by atoms with Crippen molar-refractivity contribution >= 4 is 31.8 Å². The van der Waals surface area contributed by atoms with E-state index >= 15 is 0 Å². The van der Waals surface area contributed by atoms with Crippen molar-refractivity contribution in [2.45, 2.75) is 11.8 Å². The highest BCUT2D eigenvalue weighted by Crippen LogP contribution is 2.21. The van der Waals surface area contributed by atoms with Crippen LogP contribution in [0.25, 0.3) is 0 Å². The highest BCUT2D eigenvalue weighted by atomic mass is 79.9. The number of rotatable bonds is 3. The van der Waals surface area contributed by atoms with Crippen LogP contribution in [0, 0.1) is 18.6 Å². The first-order chi connectivity index (χ1) is 9.29. The summed E-state index contributed by atoms with van der Waals surface area (Å²) in [4.78, 5) is 3.08. The molecule has 1 aromatic carbocycles. The Morgan fingerprint density at radius 1 is 1.25 bits per heavy atom. The zero-order chi connectivity index (χ0) is 14.9. The number of nitrogens with zero attached hydrogens (tertiary/aromatic N) is 1. The Morgan fingerprint density at radius 2 is 1.95 bits per heavy atom. The van der Waals surface area contributed by atoms with Gasteiger partial charge in [-0.1, -0.05) is 0 Å². The lowest BCUT2D eigenvalue weighted by Gasteiger charge is -2.09. The minimum absolute atomic E-state index is 0.0226. The normalized spacial score (nSPS) is 11.4. The van der Waals surface area contributed by atoms with Crippen molar-refractivity contribution in [3.05, 3.63) is 52.1 Å². The summed E-state index contributed by atoms with van der Waals surface area (Å²) in [6.07, 6.45) is 1.41. The van der Waals surface area contributed by atoms with Crippen LogP contribution in [0.3, 0.4) is 0 Å². The summed E-state index contributed by atoms with van der Waals surface area (Å²) in [5.74, 6) is -1.85.